The van der Waals surface area contributed by atoms with Gasteiger partial charge in [0.2, 0.25) is 5.89 Å². The molecular weight excluding hydrogens is 386 g/mol. The Morgan fingerprint density at radius 2 is 1.83 bits per heavy atom. The van der Waals surface area contributed by atoms with Crippen LogP contribution in [0.3, 0.4) is 0 Å². The Labute approximate surface area is 171 Å². The standard InChI is InChI=1S/C22H21N3O3S/c1-4-16-20(29-15-10-13(2)9-14(3)11-15)24-22(27)25(21(16)26)12-19-23-17-7-5-6-8-18(17)28-19/h5-11H,4,12H2,1-3H3,(H,24,27). The van der Waals surface area contributed by atoms with Crippen LogP contribution in [0.2, 0.25) is 0 Å². The van der Waals surface area contributed by atoms with Crippen LogP contribution in [-0.2, 0) is 13.0 Å². The lowest BCUT2D eigenvalue weighted by Gasteiger charge is -2.11. The van der Waals surface area contributed by atoms with Crippen molar-refractivity contribution in [3.05, 3.63) is 85.9 Å². The first-order valence-corrected chi connectivity index (χ1v) is 10.2. The van der Waals surface area contributed by atoms with Crippen LogP contribution in [0.15, 0.2) is 66.4 Å². The van der Waals surface area contributed by atoms with Crippen molar-refractivity contribution in [2.75, 3.05) is 0 Å². The number of aromatic amines is 1. The largest absolute Gasteiger partial charge is 0.439 e. The maximum absolute atomic E-state index is 13.0. The van der Waals surface area contributed by atoms with E-state index in [4.69, 9.17) is 4.42 Å². The highest BCUT2D eigenvalue weighted by Gasteiger charge is 2.16. The van der Waals surface area contributed by atoms with Gasteiger partial charge >= 0.3 is 5.69 Å². The van der Waals surface area contributed by atoms with Gasteiger partial charge < -0.3 is 9.40 Å². The summed E-state index contributed by atoms with van der Waals surface area (Å²) in [5.41, 5.74) is 3.39. The monoisotopic (exact) mass is 407 g/mol. The average Bonchev–Trinajstić information content (AvgIpc) is 3.07. The van der Waals surface area contributed by atoms with Gasteiger partial charge in [-0.05, 0) is 55.7 Å². The molecule has 4 aromatic rings. The van der Waals surface area contributed by atoms with Gasteiger partial charge in [-0.15, -0.1) is 0 Å². The number of para-hydroxylation sites is 2. The van der Waals surface area contributed by atoms with Crippen LogP contribution in [-0.4, -0.2) is 14.5 Å². The van der Waals surface area contributed by atoms with E-state index >= 15 is 0 Å². The quantitative estimate of drug-likeness (QED) is 0.505. The molecule has 6 nitrogen and oxygen atoms in total. The van der Waals surface area contributed by atoms with Crippen molar-refractivity contribution in [1.82, 2.24) is 14.5 Å². The number of hydrogen-bond acceptors (Lipinski definition) is 5. The Kier molecular flexibility index (Phi) is 5.15. The van der Waals surface area contributed by atoms with Gasteiger partial charge in [0.1, 0.15) is 12.1 Å². The molecule has 0 amide bonds. The van der Waals surface area contributed by atoms with Gasteiger partial charge in [-0.2, -0.15) is 0 Å². The number of oxazole rings is 1. The first kappa shape index (κ1) is 19.3. The summed E-state index contributed by atoms with van der Waals surface area (Å²) < 4.78 is 6.83. The molecule has 0 atom stereocenters. The summed E-state index contributed by atoms with van der Waals surface area (Å²) in [7, 11) is 0. The van der Waals surface area contributed by atoms with Crippen LogP contribution in [0.25, 0.3) is 11.1 Å². The van der Waals surface area contributed by atoms with Crippen LogP contribution in [0.4, 0.5) is 0 Å². The molecule has 2 aromatic heterocycles. The van der Waals surface area contributed by atoms with Gasteiger partial charge in [-0.1, -0.05) is 36.9 Å². The topological polar surface area (TPSA) is 80.9 Å². The van der Waals surface area contributed by atoms with E-state index in [2.05, 4.69) is 16.0 Å². The molecule has 0 aliphatic carbocycles. The van der Waals surface area contributed by atoms with E-state index in [1.807, 2.05) is 51.1 Å². The molecular formula is C22H21N3O3S. The van der Waals surface area contributed by atoms with Crippen molar-refractivity contribution in [3.63, 3.8) is 0 Å². The molecule has 0 aliphatic rings. The number of hydrogen-bond donors (Lipinski definition) is 1. The molecule has 0 spiro atoms. The maximum atomic E-state index is 13.0. The second-order valence-electron chi connectivity index (χ2n) is 6.98. The molecule has 7 heteroatoms. The summed E-state index contributed by atoms with van der Waals surface area (Å²) in [5, 5.41) is 0.585. The predicted octanol–water partition coefficient (Wildman–Crippen LogP) is 4.06. The SMILES string of the molecule is CCc1c(Sc2cc(C)cc(C)c2)[nH]c(=O)n(Cc2nc3ccccc3o2)c1=O. The van der Waals surface area contributed by atoms with Gasteiger partial charge in [-0.3, -0.25) is 9.36 Å². The van der Waals surface area contributed by atoms with Crippen LogP contribution >= 0.6 is 11.8 Å². The van der Waals surface area contributed by atoms with Crippen molar-refractivity contribution >= 4 is 22.9 Å². The molecule has 0 unspecified atom stereocenters. The smallest absolute Gasteiger partial charge is 0.329 e. The summed E-state index contributed by atoms with van der Waals surface area (Å²) in [6, 6.07) is 13.5. The lowest BCUT2D eigenvalue weighted by molar-refractivity contribution is 0.492. The summed E-state index contributed by atoms with van der Waals surface area (Å²) >= 11 is 1.41. The van der Waals surface area contributed by atoms with E-state index < -0.39 is 5.69 Å². The van der Waals surface area contributed by atoms with E-state index in [1.54, 1.807) is 6.07 Å². The van der Waals surface area contributed by atoms with Crippen LogP contribution in [0.1, 0.15) is 29.5 Å². The molecule has 0 radical (unpaired) electrons. The van der Waals surface area contributed by atoms with Crippen molar-refractivity contribution < 1.29 is 4.42 Å². The molecule has 2 aromatic carbocycles. The van der Waals surface area contributed by atoms with E-state index in [9.17, 15) is 9.59 Å². The molecule has 0 fully saturated rings. The molecule has 4 rings (SSSR count). The number of nitrogens with zero attached hydrogens (tertiary/aromatic N) is 2. The number of aryl methyl sites for hydroxylation is 2. The predicted molar refractivity (Wildman–Crippen MR) is 114 cm³/mol. The fourth-order valence-electron chi connectivity index (χ4n) is 3.37. The Morgan fingerprint density at radius 3 is 2.52 bits per heavy atom. The van der Waals surface area contributed by atoms with E-state index in [-0.39, 0.29) is 12.1 Å². The zero-order valence-corrected chi connectivity index (χ0v) is 17.3. The van der Waals surface area contributed by atoms with E-state index in [0.717, 1.165) is 20.6 Å². The highest BCUT2D eigenvalue weighted by atomic mass is 32.2. The van der Waals surface area contributed by atoms with Gasteiger partial charge in [0.25, 0.3) is 5.56 Å². The first-order valence-electron chi connectivity index (χ1n) is 9.41. The van der Waals surface area contributed by atoms with Crippen molar-refractivity contribution in [2.24, 2.45) is 0 Å². The normalized spacial score (nSPS) is 11.3. The van der Waals surface area contributed by atoms with Crippen LogP contribution in [0, 0.1) is 13.8 Å². The minimum atomic E-state index is -0.471. The van der Waals surface area contributed by atoms with E-state index in [0.29, 0.717) is 34.0 Å². The minimum Gasteiger partial charge on any atom is -0.439 e. The number of H-pyrrole nitrogens is 1. The molecule has 0 bridgehead atoms. The van der Waals surface area contributed by atoms with Gasteiger partial charge in [0.05, 0.1) is 5.03 Å². The molecule has 0 saturated heterocycles. The second kappa shape index (κ2) is 7.75. The van der Waals surface area contributed by atoms with Crippen LogP contribution < -0.4 is 11.2 Å². The maximum Gasteiger partial charge on any atom is 0.329 e. The van der Waals surface area contributed by atoms with Gasteiger partial charge in [-0.25, -0.2) is 9.78 Å². The molecule has 29 heavy (non-hydrogen) atoms. The van der Waals surface area contributed by atoms with Crippen molar-refractivity contribution in [2.45, 2.75) is 43.7 Å². The molecule has 148 valence electrons. The molecule has 2 heterocycles. The lowest BCUT2D eigenvalue weighted by Crippen LogP contribution is -2.38. The number of aromatic nitrogens is 3. The zero-order valence-electron chi connectivity index (χ0n) is 16.5. The highest BCUT2D eigenvalue weighted by molar-refractivity contribution is 7.99. The number of benzene rings is 2. The Morgan fingerprint density at radius 1 is 1.10 bits per heavy atom. The Balaban J connectivity index is 1.73. The fraction of sp³-hybridized carbons (Fsp3) is 0.227. The Hall–Kier alpha value is -3.06. The number of nitrogens with one attached hydrogen (secondary N) is 1. The fourth-order valence-corrected chi connectivity index (χ4v) is 4.59. The summed E-state index contributed by atoms with van der Waals surface area (Å²) in [6.07, 6.45) is 0.510. The lowest BCUT2D eigenvalue weighted by atomic mass is 10.2. The number of rotatable bonds is 5. The van der Waals surface area contributed by atoms with E-state index in [1.165, 1.54) is 11.8 Å². The second-order valence-corrected chi connectivity index (χ2v) is 8.07. The Bertz CT molecular complexity index is 1260. The molecule has 0 aliphatic heterocycles. The zero-order chi connectivity index (χ0) is 20.5. The first-order chi connectivity index (χ1) is 13.9. The molecule has 1 N–H and O–H groups in total. The van der Waals surface area contributed by atoms with Crippen LogP contribution in [0.5, 0.6) is 0 Å². The third-order valence-electron chi connectivity index (χ3n) is 4.64. The average molecular weight is 407 g/mol. The number of fused-ring (bicyclic) bond motifs is 1. The van der Waals surface area contributed by atoms with Crippen molar-refractivity contribution in [3.8, 4) is 0 Å². The van der Waals surface area contributed by atoms with Gasteiger partial charge in [0, 0.05) is 10.5 Å². The summed E-state index contributed by atoms with van der Waals surface area (Å²) in [5.74, 6) is 0.329. The third kappa shape index (κ3) is 3.91. The van der Waals surface area contributed by atoms with Gasteiger partial charge in [0.15, 0.2) is 5.58 Å². The third-order valence-corrected chi connectivity index (χ3v) is 5.67. The summed E-state index contributed by atoms with van der Waals surface area (Å²) in [4.78, 5) is 34.0. The highest BCUT2D eigenvalue weighted by Crippen LogP contribution is 2.28. The summed E-state index contributed by atoms with van der Waals surface area (Å²) in [6.45, 7) is 5.95. The van der Waals surface area contributed by atoms with Crippen molar-refractivity contribution in [1.29, 1.82) is 0 Å². The molecule has 0 saturated carbocycles. The minimum absolute atomic E-state index is 0.00958.